The van der Waals surface area contributed by atoms with E-state index < -0.39 is 29.7 Å². The predicted molar refractivity (Wildman–Crippen MR) is 273 cm³/mol. The number of carbonyl (C=O) groups excluding carboxylic acids is 5. The van der Waals surface area contributed by atoms with Gasteiger partial charge in [-0.15, -0.1) is 0 Å². The number of fused-ring (bicyclic) bond motifs is 3. The molecule has 6 heterocycles. The van der Waals surface area contributed by atoms with Gasteiger partial charge in [-0.05, 0) is 98.5 Å². The van der Waals surface area contributed by atoms with Crippen LogP contribution < -0.4 is 20.7 Å². The van der Waals surface area contributed by atoms with Crippen molar-refractivity contribution >= 4 is 51.9 Å². The molecule has 5 amide bonds. The van der Waals surface area contributed by atoms with E-state index >= 15 is 0 Å². The number of imide groups is 2. The van der Waals surface area contributed by atoms with Crippen LogP contribution in [0.25, 0.3) is 22.3 Å². The number of amides is 5. The number of aromatic nitrogens is 3. The number of benzene rings is 4. The number of unbranched alkanes of at least 4 members (excludes halogenated alkanes) is 2. The van der Waals surface area contributed by atoms with E-state index in [1.807, 2.05) is 90.8 Å². The second-order valence-electron chi connectivity index (χ2n) is 18.6. The first-order valence-electron chi connectivity index (χ1n) is 24.7. The molecule has 16 nitrogen and oxygen atoms in total. The van der Waals surface area contributed by atoms with Gasteiger partial charge in [-0.25, -0.2) is 9.97 Å². The summed E-state index contributed by atoms with van der Waals surface area (Å²) in [6.45, 7) is 7.63. The number of para-hydroxylation sites is 1. The number of rotatable bonds is 15. The number of pyridine rings is 1. The molecule has 0 aliphatic carbocycles. The van der Waals surface area contributed by atoms with Crippen LogP contribution in [0.2, 0.25) is 0 Å². The Balaban J connectivity index is 0.620. The molecule has 0 spiro atoms. The zero-order valence-corrected chi connectivity index (χ0v) is 40.3. The topological polar surface area (TPSA) is 182 Å². The summed E-state index contributed by atoms with van der Waals surface area (Å²) < 4.78 is 6.09. The maximum absolute atomic E-state index is 13.7. The Labute approximate surface area is 418 Å². The fourth-order valence-electron chi connectivity index (χ4n) is 9.81. The van der Waals surface area contributed by atoms with E-state index in [0.29, 0.717) is 56.3 Å². The van der Waals surface area contributed by atoms with Crippen LogP contribution in [0.15, 0.2) is 103 Å². The van der Waals surface area contributed by atoms with Crippen LogP contribution in [0.1, 0.15) is 85.6 Å². The Morgan fingerprint density at radius 2 is 1.64 bits per heavy atom. The van der Waals surface area contributed by atoms with Gasteiger partial charge < -0.3 is 25.2 Å². The van der Waals surface area contributed by atoms with Gasteiger partial charge in [0.1, 0.15) is 24.2 Å². The van der Waals surface area contributed by atoms with Crippen LogP contribution in [-0.2, 0) is 29.2 Å². The first-order valence-corrected chi connectivity index (χ1v) is 24.7. The molecule has 2 fully saturated rings. The van der Waals surface area contributed by atoms with Crippen molar-refractivity contribution in [2.24, 2.45) is 0 Å². The Hall–Kier alpha value is -8.00. The summed E-state index contributed by atoms with van der Waals surface area (Å²) in [5, 5.41) is 9.84. The number of piperazine rings is 1. The molecule has 2 aromatic heterocycles. The van der Waals surface area contributed by atoms with Crippen LogP contribution in [0.3, 0.4) is 0 Å². The molecule has 366 valence electrons. The SMILES string of the molecule is CNc1nc(-c2cnc3ccccc3c2)nc2c1CCN(C(=O)c1ccc(COc3ccc(C#CCN4CCN(CCCCCNc5cccc6c5C(=O)N(C5CCC(=O)NC5=O)C6=O)CC4)cc3)cc1)C2. The molecule has 0 saturated carbocycles. The van der Waals surface area contributed by atoms with Gasteiger partial charge in [-0.2, -0.15) is 0 Å². The predicted octanol–water partition coefficient (Wildman–Crippen LogP) is 6.16. The molecule has 0 bridgehead atoms. The first kappa shape index (κ1) is 47.7. The van der Waals surface area contributed by atoms with E-state index in [0.717, 1.165) is 107 Å². The Morgan fingerprint density at radius 1 is 0.833 bits per heavy atom. The zero-order valence-electron chi connectivity index (χ0n) is 40.3. The molecule has 4 aliphatic heterocycles. The van der Waals surface area contributed by atoms with Gasteiger partial charge in [0.2, 0.25) is 11.8 Å². The molecule has 4 aromatic carbocycles. The van der Waals surface area contributed by atoms with E-state index in [1.54, 1.807) is 24.4 Å². The highest BCUT2D eigenvalue weighted by atomic mass is 16.5. The molecule has 2 saturated heterocycles. The third-order valence-corrected chi connectivity index (χ3v) is 13.8. The fraction of sp³-hybridized carbons (Fsp3) is 0.321. The minimum atomic E-state index is -0.983. The van der Waals surface area contributed by atoms with Crippen LogP contribution in [-0.4, -0.2) is 130 Å². The molecule has 1 unspecified atom stereocenters. The van der Waals surface area contributed by atoms with Crippen molar-refractivity contribution in [3.8, 4) is 29.0 Å². The summed E-state index contributed by atoms with van der Waals surface area (Å²) in [5.74, 6) is 6.69. The van der Waals surface area contributed by atoms with Gasteiger partial charge in [0.05, 0.1) is 35.4 Å². The molecule has 72 heavy (non-hydrogen) atoms. The largest absolute Gasteiger partial charge is 0.489 e. The monoisotopic (exact) mass is 964 g/mol. The Morgan fingerprint density at radius 3 is 2.44 bits per heavy atom. The standard InChI is InChI=1S/C56H56N10O6/c1-57-52-43-24-28-65(35-47(43)60-51(62-52)41-33-40-10-3-4-12-45(40)59-34-41)54(69)39-18-14-38(15-19-39)36-72-42-20-16-37(17-21-42)9-8-27-64-31-29-63(30-32-64)26-6-2-5-25-58-46-13-7-11-44-50(46)56(71)66(55(44)70)48-22-23-49(67)61-53(48)68/h3-4,7,10-21,33-34,48,58H,2,5-6,22-32,35-36H2,1H3,(H,57,60,62)(H,61,67,68). The van der Waals surface area contributed by atoms with Crippen LogP contribution in [0.4, 0.5) is 11.5 Å². The van der Waals surface area contributed by atoms with Gasteiger partial charge in [0.15, 0.2) is 5.82 Å². The number of hydrogen-bond donors (Lipinski definition) is 3. The highest BCUT2D eigenvalue weighted by Crippen LogP contribution is 2.33. The lowest BCUT2D eigenvalue weighted by Gasteiger charge is -2.33. The number of carbonyl (C=O) groups is 5. The van der Waals surface area contributed by atoms with Crippen LogP contribution in [0.5, 0.6) is 5.75 Å². The van der Waals surface area contributed by atoms with Crippen molar-refractivity contribution in [1.29, 1.82) is 0 Å². The molecule has 4 aliphatic rings. The van der Waals surface area contributed by atoms with Crippen LogP contribution >= 0.6 is 0 Å². The quantitative estimate of drug-likeness (QED) is 0.0605. The normalized spacial score (nSPS) is 17.0. The maximum atomic E-state index is 13.7. The van der Waals surface area contributed by atoms with Gasteiger partial charge in [-0.3, -0.25) is 44.1 Å². The van der Waals surface area contributed by atoms with Crippen molar-refractivity contribution in [2.45, 2.75) is 57.7 Å². The molecule has 6 aromatic rings. The minimum Gasteiger partial charge on any atom is -0.489 e. The number of nitrogens with one attached hydrogen (secondary N) is 3. The average molecular weight is 965 g/mol. The van der Waals surface area contributed by atoms with Crippen molar-refractivity contribution in [1.82, 2.24) is 39.9 Å². The zero-order chi connectivity index (χ0) is 49.6. The third kappa shape index (κ3) is 10.5. The molecule has 0 radical (unpaired) electrons. The van der Waals surface area contributed by atoms with Crippen molar-refractivity contribution < 1.29 is 28.7 Å². The number of piperidine rings is 1. The first-order chi connectivity index (χ1) is 35.2. The summed E-state index contributed by atoms with van der Waals surface area (Å²) in [4.78, 5) is 86.4. The number of hydrogen-bond acceptors (Lipinski definition) is 13. The van der Waals surface area contributed by atoms with E-state index in [4.69, 9.17) is 14.7 Å². The number of ether oxygens (including phenoxy) is 1. The maximum Gasteiger partial charge on any atom is 0.264 e. The lowest BCUT2D eigenvalue weighted by Crippen LogP contribution is -2.54. The summed E-state index contributed by atoms with van der Waals surface area (Å²) in [5.41, 5.74) is 7.27. The van der Waals surface area contributed by atoms with E-state index in [2.05, 4.69) is 42.6 Å². The van der Waals surface area contributed by atoms with Gasteiger partial charge in [0, 0.05) is 92.3 Å². The molecular weight excluding hydrogens is 909 g/mol. The average Bonchev–Trinajstić information content (AvgIpc) is 3.67. The third-order valence-electron chi connectivity index (χ3n) is 13.8. The van der Waals surface area contributed by atoms with Gasteiger partial charge in [-0.1, -0.05) is 54.7 Å². The molecular formula is C56H56N10O6. The number of anilines is 2. The summed E-state index contributed by atoms with van der Waals surface area (Å²) in [7, 11) is 1.86. The van der Waals surface area contributed by atoms with Crippen molar-refractivity contribution in [3.63, 3.8) is 0 Å². The Bertz CT molecular complexity index is 3110. The van der Waals surface area contributed by atoms with E-state index in [1.165, 1.54) is 0 Å². The summed E-state index contributed by atoms with van der Waals surface area (Å²) >= 11 is 0. The second-order valence-corrected chi connectivity index (χ2v) is 18.6. The van der Waals surface area contributed by atoms with Crippen LogP contribution in [0, 0.1) is 11.8 Å². The summed E-state index contributed by atoms with van der Waals surface area (Å²) in [6, 6.07) is 29.6. The fourth-order valence-corrected chi connectivity index (χ4v) is 9.81. The molecule has 1 atom stereocenters. The minimum absolute atomic E-state index is 0.0417. The van der Waals surface area contributed by atoms with Crippen molar-refractivity contribution in [2.75, 3.05) is 70.0 Å². The lowest BCUT2D eigenvalue weighted by molar-refractivity contribution is -0.136. The summed E-state index contributed by atoms with van der Waals surface area (Å²) in [6.07, 6.45) is 5.65. The smallest absolute Gasteiger partial charge is 0.264 e. The second kappa shape index (κ2) is 21.6. The molecule has 10 rings (SSSR count). The van der Waals surface area contributed by atoms with Gasteiger partial charge in [0.25, 0.3) is 17.7 Å². The van der Waals surface area contributed by atoms with E-state index in [-0.39, 0.29) is 29.9 Å². The molecule has 16 heteroatoms. The van der Waals surface area contributed by atoms with E-state index in [9.17, 15) is 24.0 Å². The molecule has 3 N–H and O–H groups in total. The van der Waals surface area contributed by atoms with Crippen molar-refractivity contribution in [3.05, 3.63) is 142 Å². The Kier molecular flexibility index (Phi) is 14.3. The highest BCUT2D eigenvalue weighted by Gasteiger charge is 2.45. The van der Waals surface area contributed by atoms with Gasteiger partial charge >= 0.3 is 0 Å². The number of nitrogens with zero attached hydrogens (tertiary/aromatic N) is 7. The lowest BCUT2D eigenvalue weighted by atomic mass is 10.0. The highest BCUT2D eigenvalue weighted by molar-refractivity contribution is 6.25.